The van der Waals surface area contributed by atoms with Crippen LogP contribution < -0.4 is 0 Å². The molecule has 0 aromatic heterocycles. The Balaban J connectivity index is 0.00000107. The van der Waals surface area contributed by atoms with Crippen LogP contribution in [0.25, 0.3) is 16.7 Å². The number of hydrogen-bond donors (Lipinski definition) is 0. The van der Waals surface area contributed by atoms with Crippen molar-refractivity contribution in [2.45, 2.75) is 47.5 Å². The summed E-state index contributed by atoms with van der Waals surface area (Å²) in [4.78, 5) is 8.81. The lowest BCUT2D eigenvalue weighted by molar-refractivity contribution is -0.106. The molecule has 160 valence electrons. The maximum Gasteiger partial charge on any atom is 0.116 e. The standard InChI is InChI=1S/C28H30.C2H4O/c1-20-10-6-8-12-27(20)19-23(4)26-16-14-25(15-17-26)22(3)18-24(5)28-13-9-7-11-21(28)2;1-2-3/h7-9,11-19H,3,6,10H2,1-2,4-5H3;2H,1H3/b23-19+,24-18-;. The van der Waals surface area contributed by atoms with E-state index in [1.165, 1.54) is 52.3 Å². The molecule has 31 heavy (non-hydrogen) atoms. The van der Waals surface area contributed by atoms with Gasteiger partial charge in [-0.25, -0.2) is 0 Å². The van der Waals surface area contributed by atoms with E-state index in [0.717, 1.165) is 23.8 Å². The van der Waals surface area contributed by atoms with E-state index < -0.39 is 0 Å². The van der Waals surface area contributed by atoms with Gasteiger partial charge in [-0.1, -0.05) is 85.0 Å². The van der Waals surface area contributed by atoms with Gasteiger partial charge in [-0.2, -0.15) is 0 Å². The van der Waals surface area contributed by atoms with Gasteiger partial charge in [0.25, 0.3) is 0 Å². The van der Waals surface area contributed by atoms with Gasteiger partial charge in [0.15, 0.2) is 0 Å². The molecule has 0 saturated carbocycles. The van der Waals surface area contributed by atoms with Crippen molar-refractivity contribution in [3.05, 3.63) is 113 Å². The van der Waals surface area contributed by atoms with Crippen LogP contribution in [0.4, 0.5) is 0 Å². The second-order valence-corrected chi connectivity index (χ2v) is 7.98. The highest BCUT2D eigenvalue weighted by Crippen LogP contribution is 2.26. The van der Waals surface area contributed by atoms with Crippen LogP contribution >= 0.6 is 0 Å². The Kier molecular flexibility index (Phi) is 9.21. The molecule has 1 nitrogen and oxygen atoms in total. The molecular formula is C30H34O. The average molecular weight is 411 g/mol. The van der Waals surface area contributed by atoms with Crippen LogP contribution in [-0.4, -0.2) is 6.29 Å². The predicted octanol–water partition coefficient (Wildman–Crippen LogP) is 8.39. The summed E-state index contributed by atoms with van der Waals surface area (Å²) in [5.41, 5.74) is 11.4. The number of allylic oxidation sites excluding steroid dienone is 9. The molecule has 0 unspecified atom stereocenters. The Hall–Kier alpha value is -3.19. The summed E-state index contributed by atoms with van der Waals surface area (Å²) in [6, 6.07) is 17.2. The Labute approximate surface area is 188 Å². The first-order valence-electron chi connectivity index (χ1n) is 10.9. The molecule has 0 aliphatic heterocycles. The van der Waals surface area contributed by atoms with Crippen molar-refractivity contribution < 1.29 is 4.79 Å². The lowest BCUT2D eigenvalue weighted by Crippen LogP contribution is -1.90. The second-order valence-electron chi connectivity index (χ2n) is 7.98. The van der Waals surface area contributed by atoms with Gasteiger partial charge >= 0.3 is 0 Å². The minimum absolute atomic E-state index is 0.750. The summed E-state index contributed by atoms with van der Waals surface area (Å²) >= 11 is 0. The lowest BCUT2D eigenvalue weighted by Gasteiger charge is -2.11. The molecule has 1 aliphatic carbocycles. The SMILES string of the molecule is C=C(/C=C(/C)c1ccccc1C)c1ccc(/C(C)=C/C2=C(C)CCC=C2)cc1.CC=O. The number of hydrogen-bond acceptors (Lipinski definition) is 1. The molecule has 1 heteroatoms. The molecule has 0 bridgehead atoms. The van der Waals surface area contributed by atoms with E-state index in [-0.39, 0.29) is 0 Å². The maximum atomic E-state index is 8.81. The van der Waals surface area contributed by atoms with Gasteiger partial charge in [-0.05, 0) is 92.0 Å². The van der Waals surface area contributed by atoms with Crippen molar-refractivity contribution in [3.63, 3.8) is 0 Å². The molecule has 0 fully saturated rings. The van der Waals surface area contributed by atoms with E-state index in [4.69, 9.17) is 4.79 Å². The number of aryl methyl sites for hydroxylation is 1. The minimum Gasteiger partial charge on any atom is -0.304 e. The van der Waals surface area contributed by atoms with E-state index in [1.54, 1.807) is 0 Å². The molecule has 2 aromatic carbocycles. The van der Waals surface area contributed by atoms with Crippen molar-refractivity contribution in [2.24, 2.45) is 0 Å². The van der Waals surface area contributed by atoms with Gasteiger partial charge in [0, 0.05) is 0 Å². The Morgan fingerprint density at radius 3 is 2.16 bits per heavy atom. The van der Waals surface area contributed by atoms with Crippen molar-refractivity contribution in [2.75, 3.05) is 0 Å². The highest BCUT2D eigenvalue weighted by molar-refractivity contribution is 5.83. The zero-order valence-corrected chi connectivity index (χ0v) is 19.5. The minimum atomic E-state index is 0.750. The number of aldehydes is 1. The van der Waals surface area contributed by atoms with E-state index in [1.807, 2.05) is 0 Å². The molecular weight excluding hydrogens is 376 g/mol. The third kappa shape index (κ3) is 6.93. The van der Waals surface area contributed by atoms with Crippen molar-refractivity contribution >= 4 is 23.0 Å². The average Bonchev–Trinajstić information content (AvgIpc) is 2.76. The van der Waals surface area contributed by atoms with E-state index in [0.29, 0.717) is 0 Å². The molecule has 0 saturated heterocycles. The van der Waals surface area contributed by atoms with Gasteiger partial charge in [-0.15, -0.1) is 0 Å². The van der Waals surface area contributed by atoms with Crippen LogP contribution in [0.5, 0.6) is 0 Å². The van der Waals surface area contributed by atoms with Crippen LogP contribution in [-0.2, 0) is 4.79 Å². The molecule has 1 aliphatic rings. The quantitative estimate of drug-likeness (QED) is 0.357. The van der Waals surface area contributed by atoms with Gasteiger partial charge < -0.3 is 4.79 Å². The van der Waals surface area contributed by atoms with Crippen molar-refractivity contribution in [1.82, 2.24) is 0 Å². The normalized spacial score (nSPS) is 14.1. The van der Waals surface area contributed by atoms with Gasteiger partial charge in [0.2, 0.25) is 0 Å². The number of rotatable bonds is 5. The third-order valence-corrected chi connectivity index (χ3v) is 5.52. The Bertz CT molecular complexity index is 1040. The highest BCUT2D eigenvalue weighted by Gasteiger charge is 2.05. The summed E-state index contributed by atoms with van der Waals surface area (Å²) in [6.45, 7) is 14.5. The molecule has 0 atom stereocenters. The van der Waals surface area contributed by atoms with E-state index in [9.17, 15) is 0 Å². The zero-order valence-electron chi connectivity index (χ0n) is 19.5. The van der Waals surface area contributed by atoms with Crippen molar-refractivity contribution in [3.8, 4) is 0 Å². The third-order valence-electron chi connectivity index (χ3n) is 5.52. The Morgan fingerprint density at radius 2 is 1.55 bits per heavy atom. The number of benzene rings is 2. The smallest absolute Gasteiger partial charge is 0.116 e. The Morgan fingerprint density at radius 1 is 0.935 bits per heavy atom. The van der Waals surface area contributed by atoms with Gasteiger partial charge in [0.05, 0.1) is 0 Å². The largest absolute Gasteiger partial charge is 0.304 e. The fraction of sp³-hybridized carbons (Fsp3) is 0.233. The van der Waals surface area contributed by atoms with Crippen LogP contribution in [0.3, 0.4) is 0 Å². The topological polar surface area (TPSA) is 17.1 Å². The number of carbonyl (C=O) groups excluding carboxylic acids is 1. The summed E-state index contributed by atoms with van der Waals surface area (Å²) in [5.74, 6) is 0. The summed E-state index contributed by atoms with van der Waals surface area (Å²) in [5, 5.41) is 0. The number of carbonyl (C=O) groups is 1. The van der Waals surface area contributed by atoms with Gasteiger partial charge in [-0.3, -0.25) is 0 Å². The summed E-state index contributed by atoms with van der Waals surface area (Å²) < 4.78 is 0. The monoisotopic (exact) mass is 410 g/mol. The predicted molar refractivity (Wildman–Crippen MR) is 137 cm³/mol. The van der Waals surface area contributed by atoms with E-state index in [2.05, 4.69) is 107 Å². The fourth-order valence-corrected chi connectivity index (χ4v) is 3.67. The zero-order chi connectivity index (χ0) is 22.8. The van der Waals surface area contributed by atoms with Crippen LogP contribution in [0.1, 0.15) is 62.8 Å². The van der Waals surface area contributed by atoms with Gasteiger partial charge in [0.1, 0.15) is 6.29 Å². The first-order valence-corrected chi connectivity index (χ1v) is 10.9. The molecule has 2 aromatic rings. The highest BCUT2D eigenvalue weighted by atomic mass is 16.1. The molecule has 0 radical (unpaired) electrons. The molecule has 0 spiro atoms. The first kappa shape index (κ1) is 24.1. The van der Waals surface area contributed by atoms with E-state index >= 15 is 0 Å². The molecule has 0 heterocycles. The second kappa shape index (κ2) is 11.9. The first-order chi connectivity index (χ1) is 14.9. The molecule has 0 N–H and O–H groups in total. The fourth-order valence-electron chi connectivity index (χ4n) is 3.67. The van der Waals surface area contributed by atoms with Crippen LogP contribution in [0.15, 0.2) is 90.6 Å². The van der Waals surface area contributed by atoms with Crippen LogP contribution in [0.2, 0.25) is 0 Å². The molecule has 0 amide bonds. The van der Waals surface area contributed by atoms with Crippen LogP contribution in [0, 0.1) is 6.92 Å². The molecule has 3 rings (SSSR count). The summed E-state index contributed by atoms with van der Waals surface area (Å²) in [7, 11) is 0. The summed E-state index contributed by atoms with van der Waals surface area (Å²) in [6.07, 6.45) is 12.1. The van der Waals surface area contributed by atoms with Crippen molar-refractivity contribution in [1.29, 1.82) is 0 Å². The lowest BCUT2D eigenvalue weighted by atomic mass is 9.94. The maximum absolute atomic E-state index is 8.81.